The van der Waals surface area contributed by atoms with Crippen molar-refractivity contribution in [2.24, 2.45) is 7.05 Å². The maximum Gasteiger partial charge on any atom is 0.317 e. The average Bonchev–Trinajstić information content (AvgIpc) is 2.57. The molecule has 1 aliphatic rings. The van der Waals surface area contributed by atoms with Gasteiger partial charge in [0.1, 0.15) is 5.52 Å². The Kier molecular flexibility index (Phi) is 3.66. The smallest absolute Gasteiger partial charge is 0.317 e. The van der Waals surface area contributed by atoms with E-state index in [1.807, 2.05) is 11.0 Å². The van der Waals surface area contributed by atoms with Gasteiger partial charge in [0.05, 0.1) is 0 Å². The fourth-order valence-corrected chi connectivity index (χ4v) is 2.63. The van der Waals surface area contributed by atoms with Crippen molar-refractivity contribution < 1.29 is 4.79 Å². The lowest BCUT2D eigenvalue weighted by molar-refractivity contribution is 0.196. The van der Waals surface area contributed by atoms with Gasteiger partial charge in [0.15, 0.2) is 11.5 Å². The first-order chi connectivity index (χ1) is 10.6. The Balaban J connectivity index is 1.90. The number of anilines is 1. The van der Waals surface area contributed by atoms with Crippen LogP contribution in [-0.4, -0.2) is 58.7 Å². The van der Waals surface area contributed by atoms with Crippen molar-refractivity contribution in [1.82, 2.24) is 24.8 Å². The SMILES string of the molecule is CNC(=O)N1CCN(c2nc3cccnc3n(C)c2=O)CC1. The zero-order chi connectivity index (χ0) is 15.7. The summed E-state index contributed by atoms with van der Waals surface area (Å²) in [5.41, 5.74) is 1.09. The Bertz CT molecular complexity index is 764. The third-order valence-electron chi connectivity index (χ3n) is 3.89. The molecule has 2 aromatic heterocycles. The topological polar surface area (TPSA) is 83.4 Å². The molecule has 0 radical (unpaired) electrons. The van der Waals surface area contributed by atoms with Gasteiger partial charge in [-0.25, -0.2) is 14.8 Å². The van der Waals surface area contributed by atoms with Gasteiger partial charge in [-0.15, -0.1) is 0 Å². The van der Waals surface area contributed by atoms with Gasteiger partial charge in [-0.2, -0.15) is 0 Å². The molecular formula is C14H18N6O2. The molecule has 0 aliphatic carbocycles. The lowest BCUT2D eigenvalue weighted by Crippen LogP contribution is -2.52. The molecule has 3 heterocycles. The predicted molar refractivity (Wildman–Crippen MR) is 83.0 cm³/mol. The van der Waals surface area contributed by atoms with Gasteiger partial charge in [-0.05, 0) is 12.1 Å². The summed E-state index contributed by atoms with van der Waals surface area (Å²) in [4.78, 5) is 36.4. The molecule has 2 aromatic rings. The number of aromatic nitrogens is 3. The fourth-order valence-electron chi connectivity index (χ4n) is 2.63. The number of amides is 2. The van der Waals surface area contributed by atoms with Gasteiger partial charge in [-0.1, -0.05) is 0 Å². The van der Waals surface area contributed by atoms with E-state index in [9.17, 15) is 9.59 Å². The number of carbonyl (C=O) groups excluding carboxylic acids is 1. The van der Waals surface area contributed by atoms with Crippen LogP contribution in [0, 0.1) is 0 Å². The number of pyridine rings is 1. The van der Waals surface area contributed by atoms with Gasteiger partial charge < -0.3 is 15.1 Å². The Morgan fingerprint density at radius 2 is 2.00 bits per heavy atom. The summed E-state index contributed by atoms with van der Waals surface area (Å²) in [7, 11) is 3.31. The number of hydrogen-bond acceptors (Lipinski definition) is 5. The molecule has 0 saturated carbocycles. The normalized spacial score (nSPS) is 15.2. The van der Waals surface area contributed by atoms with Gasteiger partial charge >= 0.3 is 6.03 Å². The molecule has 1 N–H and O–H groups in total. The predicted octanol–water partition coefficient (Wildman–Crippen LogP) is -0.210. The van der Waals surface area contributed by atoms with Crippen molar-refractivity contribution in [3.8, 4) is 0 Å². The standard InChI is InChI=1S/C14H18N6O2/c1-15-14(22)20-8-6-19(7-9-20)12-13(21)18(2)11-10(17-12)4-3-5-16-11/h3-5H,6-9H2,1-2H3,(H,15,22). The first kappa shape index (κ1) is 14.3. The third kappa shape index (κ3) is 2.36. The fraction of sp³-hybridized carbons (Fsp3) is 0.429. The van der Waals surface area contributed by atoms with Gasteiger partial charge in [-0.3, -0.25) is 9.36 Å². The molecule has 0 bridgehead atoms. The minimum Gasteiger partial charge on any atom is -0.348 e. The lowest BCUT2D eigenvalue weighted by atomic mass is 10.3. The second kappa shape index (κ2) is 5.63. The van der Waals surface area contributed by atoms with Crippen LogP contribution in [0.4, 0.5) is 10.6 Å². The van der Waals surface area contributed by atoms with E-state index in [4.69, 9.17) is 0 Å². The van der Waals surface area contributed by atoms with Crippen molar-refractivity contribution in [2.45, 2.75) is 0 Å². The average molecular weight is 302 g/mol. The van der Waals surface area contributed by atoms with E-state index in [2.05, 4.69) is 15.3 Å². The highest BCUT2D eigenvalue weighted by Gasteiger charge is 2.23. The molecule has 0 unspecified atom stereocenters. The summed E-state index contributed by atoms with van der Waals surface area (Å²) >= 11 is 0. The van der Waals surface area contributed by atoms with Crippen molar-refractivity contribution in [3.05, 3.63) is 28.7 Å². The number of piperazine rings is 1. The number of carbonyl (C=O) groups is 1. The van der Waals surface area contributed by atoms with Crippen molar-refractivity contribution in [3.63, 3.8) is 0 Å². The maximum absolute atomic E-state index is 12.5. The second-order valence-corrected chi connectivity index (χ2v) is 5.17. The Morgan fingerprint density at radius 1 is 1.27 bits per heavy atom. The Hall–Kier alpha value is -2.64. The van der Waals surface area contributed by atoms with Crippen LogP contribution in [0.15, 0.2) is 23.1 Å². The van der Waals surface area contributed by atoms with Crippen LogP contribution < -0.4 is 15.8 Å². The van der Waals surface area contributed by atoms with E-state index in [0.717, 1.165) is 0 Å². The number of urea groups is 1. The van der Waals surface area contributed by atoms with Crippen LogP contribution in [0.25, 0.3) is 11.2 Å². The number of nitrogens with zero attached hydrogens (tertiary/aromatic N) is 5. The van der Waals surface area contributed by atoms with Crippen LogP contribution in [0.3, 0.4) is 0 Å². The molecule has 116 valence electrons. The number of hydrogen-bond donors (Lipinski definition) is 1. The third-order valence-corrected chi connectivity index (χ3v) is 3.89. The molecule has 3 rings (SSSR count). The number of rotatable bonds is 1. The number of aryl methyl sites for hydroxylation is 1. The second-order valence-electron chi connectivity index (χ2n) is 5.17. The highest BCUT2D eigenvalue weighted by Crippen LogP contribution is 2.13. The summed E-state index contributed by atoms with van der Waals surface area (Å²) in [5.74, 6) is 0.416. The van der Waals surface area contributed by atoms with Crippen LogP contribution in [0.5, 0.6) is 0 Å². The lowest BCUT2D eigenvalue weighted by Gasteiger charge is -2.34. The molecular weight excluding hydrogens is 284 g/mol. The molecule has 1 saturated heterocycles. The zero-order valence-corrected chi connectivity index (χ0v) is 12.6. The molecule has 2 amide bonds. The highest BCUT2D eigenvalue weighted by atomic mass is 16.2. The molecule has 0 spiro atoms. The summed E-state index contributed by atoms with van der Waals surface area (Å²) < 4.78 is 1.52. The molecule has 1 aliphatic heterocycles. The molecule has 8 nitrogen and oxygen atoms in total. The van der Waals surface area contributed by atoms with Crippen LogP contribution in [-0.2, 0) is 7.05 Å². The van der Waals surface area contributed by atoms with Gasteiger partial charge in [0.25, 0.3) is 5.56 Å². The minimum atomic E-state index is -0.167. The van der Waals surface area contributed by atoms with E-state index in [0.29, 0.717) is 43.2 Å². The minimum absolute atomic E-state index is 0.0942. The zero-order valence-electron chi connectivity index (χ0n) is 12.6. The number of nitrogens with one attached hydrogen (secondary N) is 1. The van der Waals surface area contributed by atoms with Gasteiger partial charge in [0.2, 0.25) is 0 Å². The first-order valence-electron chi connectivity index (χ1n) is 7.15. The Morgan fingerprint density at radius 3 is 2.68 bits per heavy atom. The molecule has 22 heavy (non-hydrogen) atoms. The quantitative estimate of drug-likeness (QED) is 0.788. The molecule has 1 fully saturated rings. The summed E-state index contributed by atoms with van der Waals surface area (Å²) in [5, 5.41) is 2.61. The summed E-state index contributed by atoms with van der Waals surface area (Å²) in [6.07, 6.45) is 1.64. The summed E-state index contributed by atoms with van der Waals surface area (Å²) in [6, 6.07) is 3.54. The summed E-state index contributed by atoms with van der Waals surface area (Å²) in [6.45, 7) is 2.30. The van der Waals surface area contributed by atoms with Gasteiger partial charge in [0, 0.05) is 46.5 Å². The monoisotopic (exact) mass is 302 g/mol. The molecule has 0 atom stereocenters. The largest absolute Gasteiger partial charge is 0.348 e. The van der Waals surface area contributed by atoms with Crippen molar-refractivity contribution >= 4 is 23.0 Å². The van der Waals surface area contributed by atoms with E-state index in [-0.39, 0.29) is 11.6 Å². The van der Waals surface area contributed by atoms with Crippen LogP contribution >= 0.6 is 0 Å². The van der Waals surface area contributed by atoms with E-state index in [1.165, 1.54) is 4.57 Å². The molecule has 0 aromatic carbocycles. The van der Waals surface area contributed by atoms with Crippen molar-refractivity contribution in [1.29, 1.82) is 0 Å². The highest BCUT2D eigenvalue weighted by molar-refractivity contribution is 5.74. The van der Waals surface area contributed by atoms with E-state index >= 15 is 0 Å². The molecule has 8 heteroatoms. The van der Waals surface area contributed by atoms with E-state index in [1.54, 1.807) is 31.3 Å². The number of fused-ring (bicyclic) bond motifs is 1. The van der Waals surface area contributed by atoms with Crippen molar-refractivity contribution in [2.75, 3.05) is 38.1 Å². The van der Waals surface area contributed by atoms with Crippen LogP contribution in [0.1, 0.15) is 0 Å². The maximum atomic E-state index is 12.5. The Labute approximate surface area is 127 Å². The van der Waals surface area contributed by atoms with Crippen LogP contribution in [0.2, 0.25) is 0 Å². The first-order valence-corrected chi connectivity index (χ1v) is 7.15. The van der Waals surface area contributed by atoms with E-state index < -0.39 is 0 Å².